The van der Waals surface area contributed by atoms with E-state index in [2.05, 4.69) is 46.3 Å². The lowest BCUT2D eigenvalue weighted by atomic mass is 9.98. The Kier molecular flexibility index (Phi) is 7.25. The molecule has 0 aliphatic carbocycles. The number of aromatic nitrogens is 1. The molecule has 0 saturated carbocycles. The van der Waals surface area contributed by atoms with Crippen LogP contribution >= 0.6 is 0 Å². The lowest BCUT2D eigenvalue weighted by Gasteiger charge is -2.26. The van der Waals surface area contributed by atoms with Crippen LogP contribution in [0.25, 0.3) is 22.4 Å². The van der Waals surface area contributed by atoms with Gasteiger partial charge in [0, 0.05) is 17.7 Å². The minimum atomic E-state index is 0.377. The van der Waals surface area contributed by atoms with E-state index in [1.807, 2.05) is 38.1 Å². The van der Waals surface area contributed by atoms with E-state index in [0.717, 1.165) is 28.9 Å². The van der Waals surface area contributed by atoms with E-state index in [0.29, 0.717) is 11.5 Å². The van der Waals surface area contributed by atoms with Crippen molar-refractivity contribution in [1.82, 2.24) is 9.88 Å². The molecule has 152 valence electrons. The third kappa shape index (κ3) is 5.15. The van der Waals surface area contributed by atoms with Gasteiger partial charge >= 0.3 is 0 Å². The minimum absolute atomic E-state index is 0.377. The van der Waals surface area contributed by atoms with Gasteiger partial charge in [-0.15, -0.1) is 0 Å². The molecule has 0 amide bonds. The second-order valence-corrected chi connectivity index (χ2v) is 7.26. The number of piperidine rings is 1. The zero-order valence-corrected chi connectivity index (χ0v) is 17.6. The SMILES string of the molecule is CC.Nc1cc(-c2ccccc2)c(-c2ccc(CN3CCCCC3)cc2)nc1N. The number of hydrogen-bond acceptors (Lipinski definition) is 4. The number of rotatable bonds is 4. The van der Waals surface area contributed by atoms with Crippen LogP contribution in [0, 0.1) is 0 Å². The molecule has 0 radical (unpaired) electrons. The summed E-state index contributed by atoms with van der Waals surface area (Å²) >= 11 is 0. The van der Waals surface area contributed by atoms with E-state index in [4.69, 9.17) is 11.5 Å². The summed E-state index contributed by atoms with van der Waals surface area (Å²) in [7, 11) is 0. The van der Waals surface area contributed by atoms with Crippen molar-refractivity contribution in [3.8, 4) is 22.4 Å². The lowest BCUT2D eigenvalue weighted by Crippen LogP contribution is -2.29. The zero-order valence-electron chi connectivity index (χ0n) is 17.6. The highest BCUT2D eigenvalue weighted by molar-refractivity contribution is 5.85. The molecule has 1 aliphatic rings. The van der Waals surface area contributed by atoms with Crippen molar-refractivity contribution in [1.29, 1.82) is 0 Å². The zero-order chi connectivity index (χ0) is 20.6. The monoisotopic (exact) mass is 388 g/mol. The quantitative estimate of drug-likeness (QED) is 0.611. The molecule has 1 aromatic heterocycles. The van der Waals surface area contributed by atoms with Crippen LogP contribution in [0.4, 0.5) is 11.5 Å². The molecule has 4 heteroatoms. The summed E-state index contributed by atoms with van der Waals surface area (Å²) in [6.45, 7) is 7.43. The van der Waals surface area contributed by atoms with Gasteiger partial charge in [0.25, 0.3) is 0 Å². The molecule has 1 fully saturated rings. The van der Waals surface area contributed by atoms with Gasteiger partial charge in [0.1, 0.15) is 5.82 Å². The van der Waals surface area contributed by atoms with Crippen LogP contribution in [0.2, 0.25) is 0 Å². The largest absolute Gasteiger partial charge is 0.396 e. The van der Waals surface area contributed by atoms with Gasteiger partial charge in [0.15, 0.2) is 0 Å². The predicted octanol–water partition coefficient (Wildman–Crippen LogP) is 5.59. The van der Waals surface area contributed by atoms with Crippen LogP contribution in [-0.4, -0.2) is 23.0 Å². The second kappa shape index (κ2) is 10.1. The number of pyridine rings is 1. The molecule has 0 bridgehead atoms. The number of likely N-dealkylation sites (tertiary alicyclic amines) is 1. The molecule has 1 aliphatic heterocycles. The van der Waals surface area contributed by atoms with Crippen molar-refractivity contribution in [2.45, 2.75) is 39.7 Å². The number of nitrogens with zero attached hydrogens (tertiary/aromatic N) is 2. The molecule has 4 N–H and O–H groups in total. The molecule has 4 nitrogen and oxygen atoms in total. The van der Waals surface area contributed by atoms with Gasteiger partial charge in [0.2, 0.25) is 0 Å². The van der Waals surface area contributed by atoms with Gasteiger partial charge in [-0.2, -0.15) is 0 Å². The van der Waals surface area contributed by atoms with Gasteiger partial charge < -0.3 is 11.5 Å². The average Bonchev–Trinajstić information content (AvgIpc) is 2.79. The fourth-order valence-electron chi connectivity index (χ4n) is 3.74. The Morgan fingerprint density at radius 3 is 2.14 bits per heavy atom. The molecule has 29 heavy (non-hydrogen) atoms. The smallest absolute Gasteiger partial charge is 0.147 e. The third-order valence-electron chi connectivity index (χ3n) is 5.25. The van der Waals surface area contributed by atoms with Gasteiger partial charge in [-0.25, -0.2) is 4.98 Å². The van der Waals surface area contributed by atoms with Crippen molar-refractivity contribution in [2.75, 3.05) is 24.6 Å². The number of nitrogen functional groups attached to an aromatic ring is 2. The second-order valence-electron chi connectivity index (χ2n) is 7.26. The Bertz CT molecular complexity index is 898. The number of nitrogens with two attached hydrogens (primary N) is 2. The average molecular weight is 389 g/mol. The highest BCUT2D eigenvalue weighted by atomic mass is 15.1. The lowest BCUT2D eigenvalue weighted by molar-refractivity contribution is 0.221. The maximum absolute atomic E-state index is 6.04. The molecule has 2 heterocycles. The normalized spacial score (nSPS) is 14.1. The molecule has 0 atom stereocenters. The topological polar surface area (TPSA) is 68.2 Å². The number of benzene rings is 2. The Labute approximate surface area is 174 Å². The summed E-state index contributed by atoms with van der Waals surface area (Å²) in [6, 6.07) is 20.8. The molecule has 4 rings (SSSR count). The fourth-order valence-corrected chi connectivity index (χ4v) is 3.74. The van der Waals surface area contributed by atoms with Crippen molar-refractivity contribution >= 4 is 11.5 Å². The summed E-state index contributed by atoms with van der Waals surface area (Å²) in [5.74, 6) is 0.377. The summed E-state index contributed by atoms with van der Waals surface area (Å²) in [4.78, 5) is 7.14. The van der Waals surface area contributed by atoms with E-state index in [1.54, 1.807) is 0 Å². The standard InChI is InChI=1S/C23H26N4.C2H6/c24-21-15-20(18-7-3-1-4-8-18)22(26-23(21)25)19-11-9-17(10-12-19)16-27-13-5-2-6-14-27;1-2/h1,3-4,7-12,15H,2,5-6,13-14,16,24H2,(H2,25,26);1-2H3. The Hall–Kier alpha value is -2.85. The number of hydrogen-bond donors (Lipinski definition) is 2. The van der Waals surface area contributed by atoms with Crippen LogP contribution in [-0.2, 0) is 6.54 Å². The highest BCUT2D eigenvalue weighted by Gasteiger charge is 2.14. The highest BCUT2D eigenvalue weighted by Crippen LogP contribution is 2.34. The number of anilines is 2. The Balaban J connectivity index is 0.00000117. The van der Waals surface area contributed by atoms with Gasteiger partial charge in [-0.05, 0) is 43.1 Å². The maximum atomic E-state index is 6.04. The summed E-state index contributed by atoms with van der Waals surface area (Å²) < 4.78 is 0. The van der Waals surface area contributed by atoms with Crippen LogP contribution < -0.4 is 11.5 Å². The Morgan fingerprint density at radius 1 is 0.828 bits per heavy atom. The van der Waals surface area contributed by atoms with Crippen LogP contribution in [0.15, 0.2) is 60.7 Å². The first kappa shape index (κ1) is 20.9. The summed E-state index contributed by atoms with van der Waals surface area (Å²) in [5.41, 5.74) is 17.9. The molecular formula is C25H32N4. The van der Waals surface area contributed by atoms with Gasteiger partial charge in [-0.1, -0.05) is 74.9 Å². The summed E-state index contributed by atoms with van der Waals surface area (Å²) in [5, 5.41) is 0. The van der Waals surface area contributed by atoms with Crippen molar-refractivity contribution < 1.29 is 0 Å². The van der Waals surface area contributed by atoms with Crippen LogP contribution in [0.1, 0.15) is 38.7 Å². The van der Waals surface area contributed by atoms with Crippen LogP contribution in [0.5, 0.6) is 0 Å². The third-order valence-corrected chi connectivity index (χ3v) is 5.25. The maximum Gasteiger partial charge on any atom is 0.147 e. The van der Waals surface area contributed by atoms with E-state index < -0.39 is 0 Å². The van der Waals surface area contributed by atoms with E-state index in [9.17, 15) is 0 Å². The van der Waals surface area contributed by atoms with Gasteiger partial charge in [-0.3, -0.25) is 4.90 Å². The van der Waals surface area contributed by atoms with Crippen molar-refractivity contribution in [3.05, 3.63) is 66.2 Å². The van der Waals surface area contributed by atoms with Crippen molar-refractivity contribution in [3.63, 3.8) is 0 Å². The molecule has 1 saturated heterocycles. The predicted molar refractivity (Wildman–Crippen MR) is 124 cm³/mol. The molecule has 2 aromatic carbocycles. The van der Waals surface area contributed by atoms with E-state index >= 15 is 0 Å². The van der Waals surface area contributed by atoms with E-state index in [1.165, 1.54) is 37.9 Å². The molecule has 0 spiro atoms. The van der Waals surface area contributed by atoms with Gasteiger partial charge in [0.05, 0.1) is 11.4 Å². The molecule has 0 unspecified atom stereocenters. The fraction of sp³-hybridized carbons (Fsp3) is 0.320. The first-order valence-corrected chi connectivity index (χ1v) is 10.6. The first-order valence-electron chi connectivity index (χ1n) is 10.6. The Morgan fingerprint density at radius 2 is 1.48 bits per heavy atom. The summed E-state index contributed by atoms with van der Waals surface area (Å²) in [6.07, 6.45) is 3.99. The molecular weight excluding hydrogens is 356 g/mol. The molecule has 3 aromatic rings. The minimum Gasteiger partial charge on any atom is -0.396 e. The van der Waals surface area contributed by atoms with E-state index in [-0.39, 0.29) is 0 Å². The van der Waals surface area contributed by atoms with Crippen molar-refractivity contribution in [2.24, 2.45) is 0 Å². The first-order chi connectivity index (χ1) is 14.2. The van der Waals surface area contributed by atoms with Crippen LogP contribution in [0.3, 0.4) is 0 Å².